The first-order chi connectivity index (χ1) is 10.5. The minimum absolute atomic E-state index is 0.0158. The van der Waals surface area contributed by atoms with Crippen molar-refractivity contribution in [3.8, 4) is 0 Å². The summed E-state index contributed by atoms with van der Waals surface area (Å²) in [6, 6.07) is 17.5. The number of urea groups is 1. The van der Waals surface area contributed by atoms with Gasteiger partial charge in [-0.15, -0.1) is 0 Å². The highest BCUT2D eigenvalue weighted by Gasteiger charge is 2.42. The highest BCUT2D eigenvalue weighted by molar-refractivity contribution is 5.72. The number of nitrogens with one attached hydrogen (secondary N) is 1. The van der Waals surface area contributed by atoms with E-state index >= 15 is 0 Å². The van der Waals surface area contributed by atoms with Crippen LogP contribution in [0.4, 0.5) is 4.79 Å². The maximum Gasteiger partial charge on any atom is 0.312 e. The van der Waals surface area contributed by atoms with Crippen LogP contribution in [0.15, 0.2) is 60.7 Å². The highest BCUT2D eigenvalue weighted by Crippen LogP contribution is 2.35. The molecule has 0 radical (unpaired) electrons. The van der Waals surface area contributed by atoms with Crippen LogP contribution in [0.2, 0.25) is 0 Å². The number of amides is 2. The first kappa shape index (κ1) is 16.0. The molecule has 0 aromatic heterocycles. The normalized spacial score (nSPS) is 12.9. The second-order valence-corrected chi connectivity index (χ2v) is 5.73. The summed E-state index contributed by atoms with van der Waals surface area (Å²) in [6.07, 6.45) is 0. The monoisotopic (exact) mass is 298 g/mol. The van der Waals surface area contributed by atoms with E-state index in [1.165, 1.54) is 0 Å². The van der Waals surface area contributed by atoms with Gasteiger partial charge >= 0.3 is 6.03 Å². The lowest BCUT2D eigenvalue weighted by Gasteiger charge is -2.39. The Hall–Kier alpha value is -2.33. The van der Waals surface area contributed by atoms with Gasteiger partial charge in [-0.05, 0) is 17.0 Å². The Labute approximate surface area is 131 Å². The molecule has 0 unspecified atom stereocenters. The van der Waals surface area contributed by atoms with Crippen LogP contribution in [0.3, 0.4) is 0 Å². The summed E-state index contributed by atoms with van der Waals surface area (Å²) in [4.78, 5) is 11.4. The van der Waals surface area contributed by atoms with Crippen molar-refractivity contribution in [2.45, 2.75) is 25.5 Å². The second-order valence-electron chi connectivity index (χ2n) is 5.73. The summed E-state index contributed by atoms with van der Waals surface area (Å²) in [5, 5.41) is 14.3. The van der Waals surface area contributed by atoms with E-state index in [1.54, 1.807) is 0 Å². The summed E-state index contributed by atoms with van der Waals surface area (Å²) in [7, 11) is 0. The molecule has 0 fully saturated rings. The van der Waals surface area contributed by atoms with Crippen molar-refractivity contribution in [3.05, 3.63) is 71.8 Å². The van der Waals surface area contributed by atoms with Gasteiger partial charge in [-0.25, -0.2) is 4.79 Å². The maximum atomic E-state index is 11.6. The van der Waals surface area contributed by atoms with Gasteiger partial charge in [0.25, 0.3) is 0 Å². The zero-order valence-electron chi connectivity index (χ0n) is 12.9. The molecule has 0 aliphatic heterocycles. The van der Waals surface area contributed by atoms with E-state index in [0.29, 0.717) is 11.1 Å². The van der Waals surface area contributed by atoms with E-state index in [0.717, 1.165) is 0 Å². The molecule has 4 heteroatoms. The molecule has 0 aliphatic rings. The van der Waals surface area contributed by atoms with Gasteiger partial charge in [0.05, 0.1) is 6.04 Å². The average Bonchev–Trinajstić information content (AvgIpc) is 2.53. The third-order valence-electron chi connectivity index (χ3n) is 3.84. The molecule has 22 heavy (non-hydrogen) atoms. The second kappa shape index (κ2) is 6.62. The number of primary amides is 1. The van der Waals surface area contributed by atoms with Crippen molar-refractivity contribution in [1.82, 2.24) is 5.32 Å². The topological polar surface area (TPSA) is 75.3 Å². The van der Waals surface area contributed by atoms with Gasteiger partial charge in [0.2, 0.25) is 0 Å². The number of carbonyl (C=O) groups is 1. The molecule has 0 spiro atoms. The van der Waals surface area contributed by atoms with Gasteiger partial charge in [-0.2, -0.15) is 0 Å². The lowest BCUT2D eigenvalue weighted by Crippen LogP contribution is -2.55. The Bertz CT molecular complexity index is 572. The standard InChI is InChI=1S/C18H22N2O2/c1-13(2)16(20-17(19)21)18(22,14-9-5-3-6-10-14)15-11-7-4-8-12-15/h3-13,16,22H,1-2H3,(H3,19,20,21)/t16-/m1/s1. The number of hydrogen-bond acceptors (Lipinski definition) is 2. The minimum Gasteiger partial charge on any atom is -0.378 e. The van der Waals surface area contributed by atoms with Gasteiger partial charge < -0.3 is 16.2 Å². The average molecular weight is 298 g/mol. The van der Waals surface area contributed by atoms with Crippen LogP contribution in [0.5, 0.6) is 0 Å². The molecule has 0 bridgehead atoms. The van der Waals surface area contributed by atoms with Gasteiger partial charge in [-0.1, -0.05) is 74.5 Å². The predicted molar refractivity (Wildman–Crippen MR) is 87.2 cm³/mol. The van der Waals surface area contributed by atoms with Crippen molar-refractivity contribution in [3.63, 3.8) is 0 Å². The molecular weight excluding hydrogens is 276 g/mol. The zero-order chi connectivity index (χ0) is 16.2. The van der Waals surface area contributed by atoms with E-state index in [1.807, 2.05) is 74.5 Å². The van der Waals surface area contributed by atoms with E-state index in [9.17, 15) is 9.90 Å². The Morgan fingerprint density at radius 1 is 1.00 bits per heavy atom. The van der Waals surface area contributed by atoms with Crippen LogP contribution in [0.25, 0.3) is 0 Å². The van der Waals surface area contributed by atoms with Crippen LogP contribution in [-0.2, 0) is 5.60 Å². The van der Waals surface area contributed by atoms with Crippen LogP contribution >= 0.6 is 0 Å². The lowest BCUT2D eigenvalue weighted by molar-refractivity contribution is 0.0240. The first-order valence-electron chi connectivity index (χ1n) is 7.35. The van der Waals surface area contributed by atoms with Crippen LogP contribution in [0, 0.1) is 5.92 Å². The van der Waals surface area contributed by atoms with Crippen molar-refractivity contribution in [1.29, 1.82) is 0 Å². The number of benzene rings is 2. The Balaban J connectivity index is 2.61. The van der Waals surface area contributed by atoms with Crippen molar-refractivity contribution in [2.75, 3.05) is 0 Å². The van der Waals surface area contributed by atoms with Crippen molar-refractivity contribution in [2.24, 2.45) is 11.7 Å². The van der Waals surface area contributed by atoms with E-state index in [2.05, 4.69) is 5.32 Å². The van der Waals surface area contributed by atoms with Crippen LogP contribution in [-0.4, -0.2) is 17.2 Å². The molecular formula is C18H22N2O2. The Morgan fingerprint density at radius 2 is 1.41 bits per heavy atom. The van der Waals surface area contributed by atoms with E-state index in [-0.39, 0.29) is 5.92 Å². The predicted octanol–water partition coefficient (Wildman–Crippen LogP) is 2.62. The highest BCUT2D eigenvalue weighted by atomic mass is 16.3. The molecule has 0 saturated carbocycles. The smallest absolute Gasteiger partial charge is 0.312 e. The quantitative estimate of drug-likeness (QED) is 0.793. The fourth-order valence-electron chi connectivity index (χ4n) is 2.82. The van der Waals surface area contributed by atoms with Gasteiger partial charge in [0.15, 0.2) is 0 Å². The molecule has 1 atom stereocenters. The zero-order valence-corrected chi connectivity index (χ0v) is 12.9. The van der Waals surface area contributed by atoms with E-state index in [4.69, 9.17) is 5.73 Å². The summed E-state index contributed by atoms with van der Waals surface area (Å²) in [5.41, 5.74) is 5.40. The molecule has 116 valence electrons. The minimum atomic E-state index is -1.36. The Kier molecular flexibility index (Phi) is 4.83. The number of carbonyl (C=O) groups excluding carboxylic acids is 1. The number of hydrogen-bond donors (Lipinski definition) is 3. The molecule has 2 aromatic carbocycles. The fourth-order valence-corrected chi connectivity index (χ4v) is 2.82. The van der Waals surface area contributed by atoms with Gasteiger partial charge in [-0.3, -0.25) is 0 Å². The number of aliphatic hydroxyl groups is 1. The summed E-state index contributed by atoms with van der Waals surface area (Å²) in [6.45, 7) is 3.88. The molecule has 0 aliphatic carbocycles. The summed E-state index contributed by atoms with van der Waals surface area (Å²) < 4.78 is 0. The first-order valence-corrected chi connectivity index (χ1v) is 7.35. The van der Waals surface area contributed by atoms with Gasteiger partial charge in [0.1, 0.15) is 5.60 Å². The van der Waals surface area contributed by atoms with Crippen LogP contribution < -0.4 is 11.1 Å². The number of rotatable bonds is 5. The molecule has 2 aromatic rings. The van der Waals surface area contributed by atoms with E-state index < -0.39 is 17.7 Å². The summed E-state index contributed by atoms with van der Waals surface area (Å²) >= 11 is 0. The SMILES string of the molecule is CC(C)[C@@H](NC(N)=O)C(O)(c1ccccc1)c1ccccc1. The molecule has 2 amide bonds. The molecule has 0 saturated heterocycles. The molecule has 2 rings (SSSR count). The third kappa shape index (κ3) is 3.12. The molecule has 4 nitrogen and oxygen atoms in total. The lowest BCUT2D eigenvalue weighted by atomic mass is 9.76. The summed E-state index contributed by atoms with van der Waals surface area (Å²) in [5.74, 6) is -0.0158. The largest absolute Gasteiger partial charge is 0.378 e. The molecule has 0 heterocycles. The van der Waals surface area contributed by atoms with Crippen molar-refractivity contribution < 1.29 is 9.90 Å². The van der Waals surface area contributed by atoms with Crippen molar-refractivity contribution >= 4 is 6.03 Å². The fraction of sp³-hybridized carbons (Fsp3) is 0.278. The molecule has 4 N–H and O–H groups in total. The van der Waals surface area contributed by atoms with Crippen LogP contribution in [0.1, 0.15) is 25.0 Å². The Morgan fingerprint density at radius 3 is 1.73 bits per heavy atom. The van der Waals surface area contributed by atoms with Gasteiger partial charge in [0, 0.05) is 0 Å². The maximum absolute atomic E-state index is 11.6. The number of nitrogens with two attached hydrogens (primary N) is 1. The third-order valence-corrected chi connectivity index (χ3v) is 3.84.